The third kappa shape index (κ3) is 7.08. The highest BCUT2D eigenvalue weighted by Crippen LogP contribution is 2.19. The van der Waals surface area contributed by atoms with Gasteiger partial charge in [-0.15, -0.1) is 0 Å². The summed E-state index contributed by atoms with van der Waals surface area (Å²) in [6, 6.07) is 10.4. The molecule has 0 aliphatic carbocycles. The Bertz CT molecular complexity index is 737. The van der Waals surface area contributed by atoms with E-state index in [0.29, 0.717) is 30.5 Å². The molecule has 0 fully saturated rings. The number of hydrogen-bond donors (Lipinski definition) is 2. The highest BCUT2D eigenvalue weighted by molar-refractivity contribution is 5.79. The van der Waals surface area contributed by atoms with Gasteiger partial charge in [0.15, 0.2) is 5.96 Å². The van der Waals surface area contributed by atoms with Crippen molar-refractivity contribution in [1.82, 2.24) is 15.6 Å². The summed E-state index contributed by atoms with van der Waals surface area (Å²) >= 11 is 0. The average molecular weight is 378 g/mol. The fourth-order valence-electron chi connectivity index (χ4n) is 2.27. The maximum atomic E-state index is 12.5. The van der Waals surface area contributed by atoms with Crippen LogP contribution in [0.3, 0.4) is 0 Å². The van der Waals surface area contributed by atoms with Crippen LogP contribution in [0.2, 0.25) is 0 Å². The summed E-state index contributed by atoms with van der Waals surface area (Å²) in [5.41, 5.74) is 1.56. The Morgan fingerprint density at radius 3 is 2.44 bits per heavy atom. The van der Waals surface area contributed by atoms with E-state index in [-0.39, 0.29) is 11.9 Å². The molecule has 0 aliphatic heterocycles. The minimum atomic E-state index is -2.86. The highest BCUT2D eigenvalue weighted by Gasteiger charge is 2.09. The first kappa shape index (κ1) is 20.4. The zero-order chi connectivity index (χ0) is 19.6. The third-order valence-corrected chi connectivity index (χ3v) is 3.47. The van der Waals surface area contributed by atoms with E-state index < -0.39 is 6.61 Å². The molecule has 8 heteroatoms. The Balaban J connectivity index is 1.88. The van der Waals surface area contributed by atoms with E-state index >= 15 is 0 Å². The lowest BCUT2D eigenvalue weighted by atomic mass is 10.2. The number of alkyl halides is 2. The van der Waals surface area contributed by atoms with Crippen LogP contribution in [0.1, 0.15) is 25.0 Å². The molecule has 27 heavy (non-hydrogen) atoms. The largest absolute Gasteiger partial charge is 0.475 e. The molecule has 0 radical (unpaired) electrons. The van der Waals surface area contributed by atoms with Crippen molar-refractivity contribution in [2.24, 2.45) is 4.99 Å². The second-order valence-corrected chi connectivity index (χ2v) is 5.94. The van der Waals surface area contributed by atoms with Gasteiger partial charge in [0.1, 0.15) is 5.75 Å². The van der Waals surface area contributed by atoms with Crippen LogP contribution in [0.5, 0.6) is 11.6 Å². The number of ether oxygens (including phenoxy) is 2. The number of guanidine groups is 1. The normalized spacial score (nSPS) is 11.6. The number of aromatic nitrogens is 1. The molecule has 0 bridgehead atoms. The van der Waals surface area contributed by atoms with Gasteiger partial charge in [0.2, 0.25) is 5.88 Å². The van der Waals surface area contributed by atoms with Crippen LogP contribution >= 0.6 is 0 Å². The first-order valence-corrected chi connectivity index (χ1v) is 8.56. The smallest absolute Gasteiger partial charge is 0.387 e. The molecule has 6 nitrogen and oxygen atoms in total. The minimum absolute atomic E-state index is 0.0708. The van der Waals surface area contributed by atoms with Crippen molar-refractivity contribution in [3.05, 3.63) is 53.7 Å². The maximum Gasteiger partial charge on any atom is 0.387 e. The SMILES string of the molecule is CN=C(NCc1ccc(OC(C)C)nc1)NCc1ccccc1OC(F)F. The molecule has 2 N–H and O–H groups in total. The van der Waals surface area contributed by atoms with E-state index in [1.165, 1.54) is 6.07 Å². The van der Waals surface area contributed by atoms with Crippen LogP contribution in [0.25, 0.3) is 0 Å². The van der Waals surface area contributed by atoms with Crippen LogP contribution < -0.4 is 20.1 Å². The predicted molar refractivity (Wildman–Crippen MR) is 100 cm³/mol. The highest BCUT2D eigenvalue weighted by atomic mass is 19.3. The monoisotopic (exact) mass is 378 g/mol. The van der Waals surface area contributed by atoms with Crippen molar-refractivity contribution < 1.29 is 18.3 Å². The van der Waals surface area contributed by atoms with E-state index in [0.717, 1.165) is 5.56 Å². The Morgan fingerprint density at radius 2 is 1.81 bits per heavy atom. The molecule has 0 aliphatic rings. The quantitative estimate of drug-likeness (QED) is 0.545. The van der Waals surface area contributed by atoms with E-state index in [2.05, 4.69) is 25.3 Å². The van der Waals surface area contributed by atoms with Gasteiger partial charge in [-0.25, -0.2) is 4.98 Å². The number of benzene rings is 1. The van der Waals surface area contributed by atoms with E-state index in [9.17, 15) is 8.78 Å². The van der Waals surface area contributed by atoms with Gasteiger partial charge >= 0.3 is 6.61 Å². The minimum Gasteiger partial charge on any atom is -0.475 e. The lowest BCUT2D eigenvalue weighted by molar-refractivity contribution is -0.0504. The fourth-order valence-corrected chi connectivity index (χ4v) is 2.27. The van der Waals surface area contributed by atoms with Crippen molar-refractivity contribution in [3.63, 3.8) is 0 Å². The second-order valence-electron chi connectivity index (χ2n) is 5.94. The average Bonchev–Trinajstić information content (AvgIpc) is 2.63. The van der Waals surface area contributed by atoms with Gasteiger partial charge < -0.3 is 20.1 Å². The Kier molecular flexibility index (Phi) is 7.79. The first-order valence-electron chi connectivity index (χ1n) is 8.56. The lowest BCUT2D eigenvalue weighted by Crippen LogP contribution is -2.36. The molecule has 2 aromatic rings. The number of rotatable bonds is 8. The number of hydrogen-bond acceptors (Lipinski definition) is 4. The summed E-state index contributed by atoms with van der Waals surface area (Å²) < 4.78 is 35.0. The van der Waals surface area contributed by atoms with Crippen LogP contribution in [-0.4, -0.2) is 30.7 Å². The Hall–Kier alpha value is -2.90. The molecule has 1 heterocycles. The van der Waals surface area contributed by atoms with Gasteiger partial charge in [0.25, 0.3) is 0 Å². The van der Waals surface area contributed by atoms with Crippen molar-refractivity contribution in [2.45, 2.75) is 39.7 Å². The predicted octanol–water partition coefficient (Wildman–Crippen LogP) is 3.34. The zero-order valence-electron chi connectivity index (χ0n) is 15.6. The van der Waals surface area contributed by atoms with Gasteiger partial charge in [0.05, 0.1) is 6.10 Å². The van der Waals surface area contributed by atoms with Gasteiger partial charge in [-0.1, -0.05) is 24.3 Å². The van der Waals surface area contributed by atoms with Crippen molar-refractivity contribution >= 4 is 5.96 Å². The number of nitrogens with one attached hydrogen (secondary N) is 2. The van der Waals surface area contributed by atoms with Crippen molar-refractivity contribution in [1.29, 1.82) is 0 Å². The van der Waals surface area contributed by atoms with E-state index in [1.54, 1.807) is 31.4 Å². The Labute approximate surface area is 157 Å². The summed E-state index contributed by atoms with van der Waals surface area (Å²) in [6.45, 7) is 1.82. The van der Waals surface area contributed by atoms with Gasteiger partial charge in [-0.3, -0.25) is 4.99 Å². The first-order chi connectivity index (χ1) is 13.0. The molecule has 146 valence electrons. The summed E-state index contributed by atoms with van der Waals surface area (Å²) in [5.74, 6) is 1.25. The van der Waals surface area contributed by atoms with Crippen LogP contribution in [0.4, 0.5) is 8.78 Å². The molecule has 0 spiro atoms. The maximum absolute atomic E-state index is 12.5. The second kappa shape index (κ2) is 10.3. The molecular formula is C19H24F2N4O2. The summed E-state index contributed by atoms with van der Waals surface area (Å²) in [5, 5.41) is 6.22. The zero-order valence-corrected chi connectivity index (χ0v) is 15.6. The standard InChI is InChI=1S/C19H24F2N4O2/c1-13(2)26-17-9-8-14(10-23-17)11-24-19(22-3)25-12-15-6-4-5-7-16(15)27-18(20)21/h4-10,13,18H,11-12H2,1-3H3,(H2,22,24,25). The van der Waals surface area contributed by atoms with Crippen LogP contribution in [0, 0.1) is 0 Å². The molecule has 0 unspecified atom stereocenters. The number of para-hydroxylation sites is 1. The lowest BCUT2D eigenvalue weighted by Gasteiger charge is -2.14. The number of nitrogens with zero attached hydrogens (tertiary/aromatic N) is 2. The molecule has 0 amide bonds. The summed E-state index contributed by atoms with van der Waals surface area (Å²) in [4.78, 5) is 8.37. The molecule has 1 aromatic carbocycles. The fraction of sp³-hybridized carbons (Fsp3) is 0.368. The van der Waals surface area contributed by atoms with Gasteiger partial charge in [-0.2, -0.15) is 8.78 Å². The Morgan fingerprint density at radius 1 is 1.07 bits per heavy atom. The topological polar surface area (TPSA) is 67.8 Å². The van der Waals surface area contributed by atoms with Crippen molar-refractivity contribution in [2.75, 3.05) is 7.05 Å². The molecule has 0 saturated carbocycles. The van der Waals surface area contributed by atoms with E-state index in [1.807, 2.05) is 26.0 Å². The molecule has 1 aromatic heterocycles. The molecule has 0 atom stereocenters. The molecule has 2 rings (SSSR count). The van der Waals surface area contributed by atoms with Gasteiger partial charge in [0, 0.05) is 38.0 Å². The molecular weight excluding hydrogens is 354 g/mol. The van der Waals surface area contributed by atoms with Crippen LogP contribution in [0.15, 0.2) is 47.6 Å². The number of pyridine rings is 1. The van der Waals surface area contributed by atoms with Crippen LogP contribution in [-0.2, 0) is 13.1 Å². The molecule has 0 saturated heterocycles. The summed E-state index contributed by atoms with van der Waals surface area (Å²) in [7, 11) is 1.63. The number of halogens is 2. The third-order valence-electron chi connectivity index (χ3n) is 3.47. The van der Waals surface area contributed by atoms with E-state index in [4.69, 9.17) is 4.74 Å². The van der Waals surface area contributed by atoms with Gasteiger partial charge in [-0.05, 0) is 25.5 Å². The number of aliphatic imine (C=N–C) groups is 1. The summed E-state index contributed by atoms with van der Waals surface area (Å²) in [6.07, 6.45) is 1.80. The van der Waals surface area contributed by atoms with Crippen molar-refractivity contribution in [3.8, 4) is 11.6 Å².